The number of furan rings is 1. The molecule has 0 aliphatic heterocycles. The van der Waals surface area contributed by atoms with Crippen molar-refractivity contribution >= 4 is 54.6 Å². The van der Waals surface area contributed by atoms with Crippen molar-refractivity contribution in [3.05, 3.63) is 163 Å². The predicted molar refractivity (Wildman–Crippen MR) is 210 cm³/mol. The summed E-state index contributed by atoms with van der Waals surface area (Å²) in [6, 6.07) is 53.8. The Bertz CT molecular complexity index is 3040. The molecule has 0 saturated heterocycles. The molecule has 0 amide bonds. The predicted octanol–water partition coefficient (Wildman–Crippen LogP) is 12.3. The van der Waals surface area contributed by atoms with Gasteiger partial charge in [-0.25, -0.2) is 9.97 Å². The number of aromatic nitrogens is 3. The second kappa shape index (κ2) is 10.3. The first-order valence-corrected chi connectivity index (χ1v) is 17.5. The normalized spacial score (nSPS) is 13.5. The zero-order valence-corrected chi connectivity index (χ0v) is 28.2. The van der Waals surface area contributed by atoms with Crippen LogP contribution in [0.25, 0.3) is 94.1 Å². The molecule has 7 aromatic carbocycles. The first-order chi connectivity index (χ1) is 25.0. The molecule has 240 valence electrons. The van der Waals surface area contributed by atoms with Gasteiger partial charge in [0.1, 0.15) is 11.2 Å². The SMILES string of the molecule is CC1(C)c2cc3c4ccccc4n(-c4ccc(-c5nc(-c6ccccc6)c6ccccc6n5)cc4)c3cc2-c2ccc3c(oc4ccccc43)c21. The highest BCUT2D eigenvalue weighted by molar-refractivity contribution is 6.13. The van der Waals surface area contributed by atoms with E-state index in [4.69, 9.17) is 14.4 Å². The highest BCUT2D eigenvalue weighted by Crippen LogP contribution is 2.54. The van der Waals surface area contributed by atoms with Crippen molar-refractivity contribution in [1.82, 2.24) is 14.5 Å². The maximum Gasteiger partial charge on any atom is 0.160 e. The van der Waals surface area contributed by atoms with Gasteiger partial charge in [-0.1, -0.05) is 105 Å². The van der Waals surface area contributed by atoms with Gasteiger partial charge in [0.15, 0.2) is 5.82 Å². The van der Waals surface area contributed by atoms with E-state index in [0.717, 1.165) is 50.4 Å². The van der Waals surface area contributed by atoms with E-state index in [0.29, 0.717) is 0 Å². The largest absolute Gasteiger partial charge is 0.456 e. The average Bonchev–Trinajstić information content (AvgIpc) is 3.79. The molecule has 0 unspecified atom stereocenters. The van der Waals surface area contributed by atoms with Crippen LogP contribution in [-0.2, 0) is 5.41 Å². The van der Waals surface area contributed by atoms with Gasteiger partial charge in [0.25, 0.3) is 0 Å². The molecule has 0 fully saturated rings. The molecular weight excluding hydrogens is 623 g/mol. The van der Waals surface area contributed by atoms with Gasteiger partial charge in [-0.3, -0.25) is 0 Å². The molecule has 0 bridgehead atoms. The monoisotopic (exact) mass is 653 g/mol. The third-order valence-electron chi connectivity index (χ3n) is 11.0. The van der Waals surface area contributed by atoms with Crippen molar-refractivity contribution in [2.75, 3.05) is 0 Å². The Morgan fingerprint density at radius 1 is 0.529 bits per heavy atom. The highest BCUT2D eigenvalue weighted by Gasteiger charge is 2.39. The van der Waals surface area contributed by atoms with Crippen molar-refractivity contribution in [3.8, 4) is 39.5 Å². The molecule has 1 aliphatic rings. The topological polar surface area (TPSA) is 43.9 Å². The Morgan fingerprint density at radius 2 is 1.25 bits per heavy atom. The van der Waals surface area contributed by atoms with Crippen LogP contribution in [0.3, 0.4) is 0 Å². The number of para-hydroxylation sites is 3. The summed E-state index contributed by atoms with van der Waals surface area (Å²) in [4.78, 5) is 10.1. The van der Waals surface area contributed by atoms with Gasteiger partial charge < -0.3 is 8.98 Å². The van der Waals surface area contributed by atoms with Gasteiger partial charge in [-0.2, -0.15) is 0 Å². The smallest absolute Gasteiger partial charge is 0.160 e. The van der Waals surface area contributed by atoms with Crippen LogP contribution in [0, 0.1) is 0 Å². The maximum atomic E-state index is 6.59. The summed E-state index contributed by atoms with van der Waals surface area (Å²) in [7, 11) is 0. The van der Waals surface area contributed by atoms with E-state index >= 15 is 0 Å². The molecule has 51 heavy (non-hydrogen) atoms. The van der Waals surface area contributed by atoms with Crippen LogP contribution < -0.4 is 0 Å². The summed E-state index contributed by atoms with van der Waals surface area (Å²) >= 11 is 0. The van der Waals surface area contributed by atoms with Crippen molar-refractivity contribution in [2.45, 2.75) is 19.3 Å². The number of rotatable bonds is 3. The van der Waals surface area contributed by atoms with Crippen LogP contribution in [0.1, 0.15) is 25.0 Å². The van der Waals surface area contributed by atoms with Crippen LogP contribution in [0.2, 0.25) is 0 Å². The molecule has 1 aliphatic carbocycles. The van der Waals surface area contributed by atoms with E-state index < -0.39 is 0 Å². The standard InChI is InChI=1S/C47H31N3O/c1-47(2)38-26-37-31-14-7-10-18-40(31)50(41(37)27-36(38)33-24-25-34-32-15-8-11-19-42(32)51-45(34)43(33)47)30-22-20-29(21-23-30)46-48-39-17-9-6-16-35(39)44(49-46)28-12-4-3-5-13-28/h3-27H,1-2H3. The summed E-state index contributed by atoms with van der Waals surface area (Å²) < 4.78 is 8.99. The number of hydrogen-bond acceptors (Lipinski definition) is 3. The number of benzene rings is 7. The molecule has 3 heterocycles. The Morgan fingerprint density at radius 3 is 2.10 bits per heavy atom. The van der Waals surface area contributed by atoms with E-state index in [1.807, 2.05) is 24.3 Å². The second-order valence-electron chi connectivity index (χ2n) is 14.2. The fourth-order valence-electron chi connectivity index (χ4n) is 8.58. The van der Waals surface area contributed by atoms with Gasteiger partial charge in [0, 0.05) is 54.7 Å². The molecule has 4 heteroatoms. The van der Waals surface area contributed by atoms with Gasteiger partial charge in [0.05, 0.1) is 22.2 Å². The third-order valence-corrected chi connectivity index (χ3v) is 11.0. The molecule has 0 spiro atoms. The molecule has 11 rings (SSSR count). The lowest BCUT2D eigenvalue weighted by molar-refractivity contribution is 0.620. The van der Waals surface area contributed by atoms with Crippen molar-refractivity contribution in [2.24, 2.45) is 0 Å². The van der Waals surface area contributed by atoms with Gasteiger partial charge >= 0.3 is 0 Å². The number of nitrogens with zero attached hydrogens (tertiary/aromatic N) is 3. The molecule has 3 aromatic heterocycles. The fraction of sp³-hybridized carbons (Fsp3) is 0.0638. The molecule has 10 aromatic rings. The zero-order valence-electron chi connectivity index (χ0n) is 28.2. The second-order valence-corrected chi connectivity index (χ2v) is 14.2. The number of hydrogen-bond donors (Lipinski definition) is 0. The minimum atomic E-state index is -0.227. The van der Waals surface area contributed by atoms with Crippen molar-refractivity contribution in [3.63, 3.8) is 0 Å². The van der Waals surface area contributed by atoms with E-state index in [9.17, 15) is 0 Å². The minimum Gasteiger partial charge on any atom is -0.456 e. The Hall–Kier alpha value is -6.52. The van der Waals surface area contributed by atoms with Crippen molar-refractivity contribution in [1.29, 1.82) is 0 Å². The van der Waals surface area contributed by atoms with Gasteiger partial charge in [0.2, 0.25) is 0 Å². The van der Waals surface area contributed by atoms with Crippen molar-refractivity contribution < 1.29 is 4.42 Å². The first kappa shape index (κ1) is 28.3. The highest BCUT2D eigenvalue weighted by atomic mass is 16.3. The average molecular weight is 654 g/mol. The third kappa shape index (κ3) is 3.96. The molecule has 0 radical (unpaired) electrons. The van der Waals surface area contributed by atoms with Crippen LogP contribution in [-0.4, -0.2) is 14.5 Å². The van der Waals surface area contributed by atoms with Crippen LogP contribution in [0.4, 0.5) is 0 Å². The Labute approximate surface area is 294 Å². The van der Waals surface area contributed by atoms with Gasteiger partial charge in [-0.05, 0) is 77.4 Å². The fourth-order valence-corrected chi connectivity index (χ4v) is 8.58. The summed E-state index contributed by atoms with van der Waals surface area (Å²) in [5.41, 5.74) is 14.2. The summed E-state index contributed by atoms with van der Waals surface area (Å²) in [6.45, 7) is 4.68. The lowest BCUT2D eigenvalue weighted by Crippen LogP contribution is -2.15. The summed E-state index contributed by atoms with van der Waals surface area (Å²) in [5, 5.41) is 5.88. The lowest BCUT2D eigenvalue weighted by atomic mass is 9.81. The maximum absolute atomic E-state index is 6.59. The molecular formula is C47H31N3O. The van der Waals surface area contributed by atoms with E-state index in [-0.39, 0.29) is 5.41 Å². The first-order valence-electron chi connectivity index (χ1n) is 17.5. The Kier molecular flexibility index (Phi) is 5.70. The van der Waals surface area contributed by atoms with E-state index in [2.05, 4.69) is 146 Å². The zero-order chi connectivity index (χ0) is 33.8. The molecule has 0 N–H and O–H groups in total. The van der Waals surface area contributed by atoms with E-state index in [1.54, 1.807) is 0 Å². The van der Waals surface area contributed by atoms with Crippen LogP contribution >= 0.6 is 0 Å². The molecule has 0 saturated carbocycles. The van der Waals surface area contributed by atoms with Crippen LogP contribution in [0.5, 0.6) is 0 Å². The quantitative estimate of drug-likeness (QED) is 0.191. The van der Waals surface area contributed by atoms with E-state index in [1.165, 1.54) is 54.8 Å². The molecule has 0 atom stereocenters. The molecule has 4 nitrogen and oxygen atoms in total. The Balaban J connectivity index is 1.09. The number of fused-ring (bicyclic) bond motifs is 11. The van der Waals surface area contributed by atoms with Crippen LogP contribution in [0.15, 0.2) is 156 Å². The minimum absolute atomic E-state index is 0.227. The van der Waals surface area contributed by atoms with Gasteiger partial charge in [-0.15, -0.1) is 0 Å². The summed E-state index contributed by atoms with van der Waals surface area (Å²) in [6.07, 6.45) is 0. The summed E-state index contributed by atoms with van der Waals surface area (Å²) in [5.74, 6) is 0.717. The lowest BCUT2D eigenvalue weighted by Gasteiger charge is -2.21.